The number of benzene rings is 2. The number of piperidine rings is 1. The average molecular weight is 456 g/mol. The maximum absolute atomic E-state index is 13.6. The highest BCUT2D eigenvalue weighted by Crippen LogP contribution is 2.37. The Morgan fingerprint density at radius 2 is 1.79 bits per heavy atom. The van der Waals surface area contributed by atoms with E-state index < -0.39 is 17.1 Å². The Labute approximate surface area is 196 Å². The minimum atomic E-state index is -1.14. The normalized spacial score (nSPS) is 19.6. The Bertz CT molecular complexity index is 1330. The number of aromatic hydroxyl groups is 1. The third-order valence-electron chi connectivity index (χ3n) is 6.70. The fraction of sp³-hybridized carbons (Fsp3) is 0.222. The molecule has 2 aliphatic heterocycles. The molecule has 0 saturated carbocycles. The van der Waals surface area contributed by atoms with Gasteiger partial charge in [0.05, 0.1) is 17.5 Å². The highest BCUT2D eigenvalue weighted by Gasteiger charge is 2.47. The number of phenolic OH excluding ortho intramolecular Hbond substituents is 1. The number of rotatable bonds is 4. The third kappa shape index (κ3) is 3.57. The third-order valence-corrected chi connectivity index (χ3v) is 6.70. The zero-order valence-corrected chi connectivity index (χ0v) is 18.4. The summed E-state index contributed by atoms with van der Waals surface area (Å²) in [7, 11) is 0. The molecule has 0 aliphatic carbocycles. The van der Waals surface area contributed by atoms with Gasteiger partial charge in [0.15, 0.2) is 5.82 Å². The lowest BCUT2D eigenvalue weighted by molar-refractivity contribution is -0.138. The second kappa shape index (κ2) is 7.99. The van der Waals surface area contributed by atoms with Crippen molar-refractivity contribution < 1.29 is 23.9 Å². The maximum Gasteiger partial charge on any atom is 0.255 e. The van der Waals surface area contributed by atoms with E-state index in [0.29, 0.717) is 11.1 Å². The summed E-state index contributed by atoms with van der Waals surface area (Å²) in [5, 5.41) is 12.5. The van der Waals surface area contributed by atoms with Crippen LogP contribution in [0.25, 0.3) is 11.1 Å². The van der Waals surface area contributed by atoms with Gasteiger partial charge in [0.2, 0.25) is 11.8 Å². The summed E-state index contributed by atoms with van der Waals surface area (Å²) in [6.07, 6.45) is 0.384. The summed E-state index contributed by atoms with van der Waals surface area (Å²) in [5.41, 5.74) is 2.73. The van der Waals surface area contributed by atoms with E-state index in [9.17, 15) is 23.9 Å². The van der Waals surface area contributed by atoms with E-state index in [1.165, 1.54) is 4.90 Å². The van der Waals surface area contributed by atoms with Gasteiger partial charge < -0.3 is 10.0 Å². The van der Waals surface area contributed by atoms with Gasteiger partial charge in [-0.05, 0) is 53.8 Å². The number of hydrogen-bond acceptors (Lipinski definition) is 4. The fourth-order valence-electron chi connectivity index (χ4n) is 4.69. The van der Waals surface area contributed by atoms with Gasteiger partial charge in [-0.25, -0.2) is 0 Å². The zero-order valence-electron chi connectivity index (χ0n) is 18.4. The smallest absolute Gasteiger partial charge is 0.255 e. The van der Waals surface area contributed by atoms with Gasteiger partial charge in [-0.3, -0.25) is 19.7 Å². The molecule has 3 aromatic carbocycles. The molecule has 0 spiro atoms. The number of carbonyl (C=O) groups excluding carboxylic acids is 3. The number of phenols is 1. The van der Waals surface area contributed by atoms with Crippen LogP contribution in [-0.2, 0) is 21.5 Å². The molecule has 0 bridgehead atoms. The Hall–Kier alpha value is -4.18. The molecule has 5 rings (SSSR count). The molecule has 1 saturated heterocycles. The minimum Gasteiger partial charge on any atom is -0.508 e. The van der Waals surface area contributed by atoms with Crippen molar-refractivity contribution in [3.05, 3.63) is 88.7 Å². The predicted molar refractivity (Wildman–Crippen MR) is 121 cm³/mol. The van der Waals surface area contributed by atoms with Crippen LogP contribution in [0.2, 0.25) is 0 Å². The molecule has 7 heteroatoms. The summed E-state index contributed by atoms with van der Waals surface area (Å²) in [6.45, 7) is 2.05. The standard InChI is InChI=1S/C27H21FN2O4/c1-16-2-3-18(12-23(16)31)17-4-7-20(8-5-17)27(11-10-24(32)29-26(27)34)15-30-14-19-6-9-21(28)13-22(19)25(30)33/h2-5,7-8,12-13,31H,10-11,14-15H2,1H3,(H,29,32,34). The summed E-state index contributed by atoms with van der Waals surface area (Å²) in [6, 6.07) is 18.9. The van der Waals surface area contributed by atoms with Crippen LogP contribution in [0, 0.1) is 24.9 Å². The van der Waals surface area contributed by atoms with Crippen LogP contribution in [0.3, 0.4) is 0 Å². The molecule has 1 atom stereocenters. The van der Waals surface area contributed by atoms with Crippen LogP contribution < -0.4 is 5.32 Å². The molecule has 2 aliphatic rings. The van der Waals surface area contributed by atoms with E-state index in [4.69, 9.17) is 0 Å². The van der Waals surface area contributed by atoms with Gasteiger partial charge in [0, 0.05) is 18.5 Å². The largest absolute Gasteiger partial charge is 0.508 e. The summed E-state index contributed by atoms with van der Waals surface area (Å²) in [5.74, 6) is -1.67. The summed E-state index contributed by atoms with van der Waals surface area (Å²) >= 11 is 0. The molecule has 1 unspecified atom stereocenters. The first-order valence-corrected chi connectivity index (χ1v) is 10.9. The number of imide groups is 1. The van der Waals surface area contributed by atoms with E-state index in [-0.39, 0.29) is 49.1 Å². The first-order chi connectivity index (χ1) is 16.3. The van der Waals surface area contributed by atoms with E-state index in [1.54, 1.807) is 6.07 Å². The van der Waals surface area contributed by atoms with Crippen molar-refractivity contribution in [2.45, 2.75) is 31.7 Å². The zero-order chi connectivity index (χ0) is 24.0. The number of halogens is 1. The van der Waals surface area contributed by atoms with Crippen molar-refractivity contribution >= 4 is 17.7 Å². The van der Waals surface area contributed by atoms with Crippen LogP contribution >= 0.6 is 0 Å². The second-order valence-electron chi connectivity index (χ2n) is 8.83. The summed E-state index contributed by atoms with van der Waals surface area (Å²) < 4.78 is 13.6. The molecular formula is C27H21FN2O4. The van der Waals surface area contributed by atoms with Crippen molar-refractivity contribution in [1.29, 1.82) is 0 Å². The molecule has 2 N–H and O–H groups in total. The lowest BCUT2D eigenvalue weighted by Gasteiger charge is -2.38. The Balaban J connectivity index is 1.49. The van der Waals surface area contributed by atoms with Crippen LogP contribution in [0.4, 0.5) is 4.39 Å². The molecule has 2 heterocycles. The van der Waals surface area contributed by atoms with Crippen LogP contribution in [0.15, 0.2) is 48.5 Å². The fourth-order valence-corrected chi connectivity index (χ4v) is 4.69. The minimum absolute atomic E-state index is 0.0414. The van der Waals surface area contributed by atoms with Gasteiger partial charge >= 0.3 is 0 Å². The number of nitrogens with one attached hydrogen (secondary N) is 1. The van der Waals surface area contributed by atoms with Crippen molar-refractivity contribution in [1.82, 2.24) is 10.2 Å². The number of nitrogens with zero attached hydrogens (tertiary/aromatic N) is 1. The monoisotopic (exact) mass is 456 g/mol. The van der Waals surface area contributed by atoms with Crippen molar-refractivity contribution in [3.63, 3.8) is 0 Å². The SMILES string of the molecule is Cc1ccc(-c2ccc(C3(CN4Cc5c#cc(F)cc5C4=O)CCC(=O)NC3=O)cc2)cc1O. The number of aryl methyl sites for hydroxylation is 1. The summed E-state index contributed by atoms with van der Waals surface area (Å²) in [4.78, 5) is 39.6. The molecule has 6 nitrogen and oxygen atoms in total. The Kier molecular flexibility index (Phi) is 5.09. The number of amides is 3. The average Bonchev–Trinajstić information content (AvgIpc) is 3.12. The predicted octanol–water partition coefficient (Wildman–Crippen LogP) is 3.44. The van der Waals surface area contributed by atoms with Crippen LogP contribution in [0.5, 0.6) is 5.75 Å². The van der Waals surface area contributed by atoms with E-state index in [1.807, 2.05) is 43.3 Å². The van der Waals surface area contributed by atoms with Crippen molar-refractivity contribution in [3.8, 4) is 16.9 Å². The first-order valence-electron chi connectivity index (χ1n) is 10.9. The van der Waals surface area contributed by atoms with Gasteiger partial charge in [-0.15, -0.1) is 0 Å². The van der Waals surface area contributed by atoms with E-state index >= 15 is 0 Å². The second-order valence-corrected chi connectivity index (χ2v) is 8.83. The lowest BCUT2D eigenvalue weighted by Crippen LogP contribution is -2.56. The number of fused-ring (bicyclic) bond motifs is 1. The lowest BCUT2D eigenvalue weighted by atomic mass is 9.73. The quantitative estimate of drug-likeness (QED) is 0.589. The van der Waals surface area contributed by atoms with E-state index in [0.717, 1.165) is 22.8 Å². The van der Waals surface area contributed by atoms with E-state index in [2.05, 4.69) is 17.4 Å². The topological polar surface area (TPSA) is 86.7 Å². The Morgan fingerprint density at radius 3 is 2.50 bits per heavy atom. The molecule has 1 fully saturated rings. The van der Waals surface area contributed by atoms with Gasteiger partial charge in [0.25, 0.3) is 5.91 Å². The first kappa shape index (κ1) is 21.7. The maximum atomic E-state index is 13.6. The molecule has 3 amide bonds. The highest BCUT2D eigenvalue weighted by atomic mass is 19.1. The van der Waals surface area contributed by atoms with Crippen LogP contribution in [0.1, 0.15) is 39.9 Å². The molecule has 170 valence electrons. The van der Waals surface area contributed by atoms with Crippen LogP contribution in [-0.4, -0.2) is 34.3 Å². The molecule has 3 aromatic rings. The van der Waals surface area contributed by atoms with Crippen molar-refractivity contribution in [2.75, 3.05) is 6.54 Å². The molecule has 34 heavy (non-hydrogen) atoms. The number of hydrogen-bond donors (Lipinski definition) is 2. The molecular weight excluding hydrogens is 435 g/mol. The number of carbonyl (C=O) groups is 3. The van der Waals surface area contributed by atoms with Crippen molar-refractivity contribution in [2.24, 2.45) is 0 Å². The molecule has 0 aromatic heterocycles. The van der Waals surface area contributed by atoms with Gasteiger partial charge in [0.1, 0.15) is 5.75 Å². The highest BCUT2D eigenvalue weighted by molar-refractivity contribution is 6.04. The van der Waals surface area contributed by atoms with Gasteiger partial charge in [-0.1, -0.05) is 42.5 Å². The van der Waals surface area contributed by atoms with Gasteiger partial charge in [-0.2, -0.15) is 4.39 Å². The Morgan fingerprint density at radius 1 is 1.06 bits per heavy atom. The molecule has 0 radical (unpaired) electrons.